The zero-order valence-electron chi connectivity index (χ0n) is 11.0. The number of aryl methyl sites for hydroxylation is 1. The van der Waals surface area contributed by atoms with Gasteiger partial charge in [0.2, 0.25) is 5.91 Å². The Bertz CT molecular complexity index is 631. The molecule has 0 spiro atoms. The SMILES string of the molecule is Cc1ccc(SCC(=O)Nc2cccc(Cl)c2)c(N)c1. The highest BCUT2D eigenvalue weighted by atomic mass is 35.5. The zero-order valence-corrected chi connectivity index (χ0v) is 12.6. The van der Waals surface area contributed by atoms with Crippen LogP contribution in [0.4, 0.5) is 11.4 Å². The molecule has 0 aliphatic heterocycles. The Labute approximate surface area is 127 Å². The Hall–Kier alpha value is -1.65. The second-order valence-electron chi connectivity index (χ2n) is 4.39. The molecule has 5 heteroatoms. The van der Waals surface area contributed by atoms with Crippen molar-refractivity contribution in [1.29, 1.82) is 0 Å². The van der Waals surface area contributed by atoms with E-state index in [1.807, 2.05) is 25.1 Å². The second-order valence-corrected chi connectivity index (χ2v) is 5.84. The van der Waals surface area contributed by atoms with Gasteiger partial charge in [-0.05, 0) is 42.8 Å². The highest BCUT2D eigenvalue weighted by Gasteiger charge is 2.06. The third-order valence-electron chi connectivity index (χ3n) is 2.63. The van der Waals surface area contributed by atoms with Crippen LogP contribution >= 0.6 is 23.4 Å². The minimum absolute atomic E-state index is 0.0859. The summed E-state index contributed by atoms with van der Waals surface area (Å²) in [5.74, 6) is 0.219. The first-order chi connectivity index (χ1) is 9.54. The fourth-order valence-electron chi connectivity index (χ4n) is 1.71. The van der Waals surface area contributed by atoms with Crippen LogP contribution in [0.3, 0.4) is 0 Å². The largest absolute Gasteiger partial charge is 0.398 e. The van der Waals surface area contributed by atoms with E-state index in [0.717, 1.165) is 10.5 Å². The lowest BCUT2D eigenvalue weighted by molar-refractivity contribution is -0.113. The summed E-state index contributed by atoms with van der Waals surface area (Å²) in [5.41, 5.74) is 8.41. The van der Waals surface area contributed by atoms with Crippen LogP contribution in [0.25, 0.3) is 0 Å². The van der Waals surface area contributed by atoms with Crippen LogP contribution in [0, 0.1) is 6.92 Å². The average molecular weight is 307 g/mol. The quantitative estimate of drug-likeness (QED) is 0.664. The van der Waals surface area contributed by atoms with Gasteiger partial charge >= 0.3 is 0 Å². The Kier molecular flexibility index (Phi) is 4.93. The summed E-state index contributed by atoms with van der Waals surface area (Å²) >= 11 is 7.28. The van der Waals surface area contributed by atoms with Gasteiger partial charge in [0, 0.05) is 21.3 Å². The van der Waals surface area contributed by atoms with Gasteiger partial charge in [0.1, 0.15) is 0 Å². The molecule has 0 saturated heterocycles. The number of carbonyl (C=O) groups excluding carboxylic acids is 1. The molecule has 3 nitrogen and oxygen atoms in total. The zero-order chi connectivity index (χ0) is 14.5. The number of hydrogen-bond acceptors (Lipinski definition) is 3. The number of hydrogen-bond donors (Lipinski definition) is 2. The van der Waals surface area contributed by atoms with Gasteiger partial charge in [-0.15, -0.1) is 11.8 Å². The predicted octanol–water partition coefficient (Wildman–Crippen LogP) is 3.96. The maximum absolute atomic E-state index is 11.9. The molecule has 2 rings (SSSR count). The van der Waals surface area contributed by atoms with Crippen molar-refractivity contribution in [1.82, 2.24) is 0 Å². The molecule has 0 aliphatic rings. The van der Waals surface area contributed by atoms with E-state index >= 15 is 0 Å². The number of halogens is 1. The van der Waals surface area contributed by atoms with Crippen molar-refractivity contribution in [3.63, 3.8) is 0 Å². The topological polar surface area (TPSA) is 55.1 Å². The molecular formula is C15H15ClN2OS. The summed E-state index contributed by atoms with van der Waals surface area (Å²) in [5, 5.41) is 3.39. The normalized spacial score (nSPS) is 10.3. The molecule has 0 unspecified atom stereocenters. The lowest BCUT2D eigenvalue weighted by Gasteiger charge is -2.07. The van der Waals surface area contributed by atoms with Crippen LogP contribution < -0.4 is 11.1 Å². The molecule has 1 amide bonds. The molecule has 0 heterocycles. The maximum Gasteiger partial charge on any atom is 0.234 e. The maximum atomic E-state index is 11.9. The lowest BCUT2D eigenvalue weighted by atomic mass is 10.2. The van der Waals surface area contributed by atoms with E-state index in [2.05, 4.69) is 5.32 Å². The molecule has 0 fully saturated rings. The van der Waals surface area contributed by atoms with Gasteiger partial charge in [0.25, 0.3) is 0 Å². The molecular weight excluding hydrogens is 292 g/mol. The van der Waals surface area contributed by atoms with Crippen molar-refractivity contribution < 1.29 is 4.79 Å². The number of benzene rings is 2. The molecule has 0 aliphatic carbocycles. The van der Waals surface area contributed by atoms with Crippen LogP contribution in [-0.2, 0) is 4.79 Å². The first-order valence-electron chi connectivity index (χ1n) is 6.09. The highest BCUT2D eigenvalue weighted by Crippen LogP contribution is 2.26. The van der Waals surface area contributed by atoms with Crippen LogP contribution in [0.1, 0.15) is 5.56 Å². The molecule has 104 valence electrons. The first kappa shape index (κ1) is 14.8. The standard InChI is InChI=1S/C15H15ClN2OS/c1-10-5-6-14(13(17)7-10)20-9-15(19)18-12-4-2-3-11(16)8-12/h2-8H,9,17H2,1H3,(H,18,19). The van der Waals surface area contributed by atoms with Crippen molar-refractivity contribution in [3.05, 3.63) is 53.1 Å². The minimum Gasteiger partial charge on any atom is -0.398 e. The monoisotopic (exact) mass is 306 g/mol. The van der Waals surface area contributed by atoms with Gasteiger partial charge < -0.3 is 11.1 Å². The summed E-state index contributed by atoms with van der Waals surface area (Å²) in [6, 6.07) is 12.9. The summed E-state index contributed by atoms with van der Waals surface area (Å²) < 4.78 is 0. The molecule has 20 heavy (non-hydrogen) atoms. The van der Waals surface area contributed by atoms with Gasteiger partial charge in [-0.2, -0.15) is 0 Å². The first-order valence-corrected chi connectivity index (χ1v) is 7.45. The van der Waals surface area contributed by atoms with Gasteiger partial charge in [-0.1, -0.05) is 23.7 Å². The summed E-state index contributed by atoms with van der Waals surface area (Å²) in [6.07, 6.45) is 0. The predicted molar refractivity (Wildman–Crippen MR) is 86.4 cm³/mol. The lowest BCUT2D eigenvalue weighted by Crippen LogP contribution is -2.14. The third-order valence-corrected chi connectivity index (χ3v) is 3.96. The van der Waals surface area contributed by atoms with Gasteiger partial charge in [-0.25, -0.2) is 0 Å². The molecule has 2 aromatic carbocycles. The number of nitrogen functional groups attached to an aromatic ring is 1. The summed E-state index contributed by atoms with van der Waals surface area (Å²) in [4.78, 5) is 12.8. The molecule has 3 N–H and O–H groups in total. The fourth-order valence-corrected chi connectivity index (χ4v) is 2.64. The smallest absolute Gasteiger partial charge is 0.234 e. The van der Waals surface area contributed by atoms with E-state index < -0.39 is 0 Å². The van der Waals surface area contributed by atoms with Gasteiger partial charge in [-0.3, -0.25) is 4.79 Å². The van der Waals surface area contributed by atoms with Crippen LogP contribution in [0.2, 0.25) is 5.02 Å². The Balaban J connectivity index is 1.92. The second kappa shape index (κ2) is 6.68. The summed E-state index contributed by atoms with van der Waals surface area (Å²) in [7, 11) is 0. The summed E-state index contributed by atoms with van der Waals surface area (Å²) in [6.45, 7) is 1.98. The highest BCUT2D eigenvalue weighted by molar-refractivity contribution is 8.00. The molecule has 2 aromatic rings. The number of anilines is 2. The Morgan fingerprint density at radius 1 is 1.30 bits per heavy atom. The van der Waals surface area contributed by atoms with Gasteiger partial charge in [0.15, 0.2) is 0 Å². The number of nitrogens with one attached hydrogen (secondary N) is 1. The van der Waals surface area contributed by atoms with Crippen LogP contribution in [0.15, 0.2) is 47.4 Å². The van der Waals surface area contributed by atoms with E-state index in [1.54, 1.807) is 24.3 Å². The van der Waals surface area contributed by atoms with E-state index in [1.165, 1.54) is 11.8 Å². The number of amides is 1. The van der Waals surface area contributed by atoms with Crippen molar-refractivity contribution in [2.45, 2.75) is 11.8 Å². The van der Waals surface area contributed by atoms with Crippen molar-refractivity contribution in [3.8, 4) is 0 Å². The number of rotatable bonds is 4. The van der Waals surface area contributed by atoms with Crippen LogP contribution in [-0.4, -0.2) is 11.7 Å². The average Bonchev–Trinajstić information content (AvgIpc) is 2.37. The molecule has 0 saturated carbocycles. The van der Waals surface area contributed by atoms with Crippen molar-refractivity contribution in [2.24, 2.45) is 0 Å². The van der Waals surface area contributed by atoms with Crippen LogP contribution in [0.5, 0.6) is 0 Å². The van der Waals surface area contributed by atoms with E-state index in [4.69, 9.17) is 17.3 Å². The Morgan fingerprint density at radius 2 is 2.10 bits per heavy atom. The van der Waals surface area contributed by atoms with Crippen molar-refractivity contribution in [2.75, 3.05) is 16.8 Å². The number of thioether (sulfide) groups is 1. The molecule has 0 bridgehead atoms. The number of carbonyl (C=O) groups is 1. The molecule has 0 aromatic heterocycles. The molecule has 0 radical (unpaired) electrons. The van der Waals surface area contributed by atoms with Gasteiger partial charge in [0.05, 0.1) is 5.75 Å². The van der Waals surface area contributed by atoms with E-state index in [0.29, 0.717) is 22.2 Å². The molecule has 0 atom stereocenters. The van der Waals surface area contributed by atoms with E-state index in [9.17, 15) is 4.79 Å². The minimum atomic E-state index is -0.0859. The third kappa shape index (κ3) is 4.18. The Morgan fingerprint density at radius 3 is 2.80 bits per heavy atom. The fraction of sp³-hybridized carbons (Fsp3) is 0.133. The number of nitrogens with two attached hydrogens (primary N) is 1. The van der Waals surface area contributed by atoms with E-state index in [-0.39, 0.29) is 5.91 Å². The van der Waals surface area contributed by atoms with Crippen molar-refractivity contribution >= 4 is 40.6 Å².